The third-order valence-corrected chi connectivity index (χ3v) is 4.61. The van der Waals surface area contributed by atoms with Gasteiger partial charge in [0.25, 0.3) is 0 Å². The van der Waals surface area contributed by atoms with Crippen molar-refractivity contribution in [3.63, 3.8) is 0 Å². The lowest BCUT2D eigenvalue weighted by atomic mass is 9.92. The van der Waals surface area contributed by atoms with E-state index in [0.29, 0.717) is 13.2 Å². The molecule has 2 N–H and O–H groups in total. The van der Waals surface area contributed by atoms with Crippen molar-refractivity contribution in [2.75, 3.05) is 6.61 Å². The van der Waals surface area contributed by atoms with Crippen LogP contribution < -0.4 is 10.1 Å². The molecule has 4 heteroatoms. The first-order chi connectivity index (χ1) is 12.1. The predicted molar refractivity (Wildman–Crippen MR) is 98.4 cm³/mol. The minimum atomic E-state index is -1.29. The van der Waals surface area contributed by atoms with Crippen molar-refractivity contribution in [2.24, 2.45) is 0 Å². The van der Waals surface area contributed by atoms with Gasteiger partial charge < -0.3 is 19.9 Å². The SMILES string of the molecule is CCC[C@H]1N[C@@H](C)CO[C@]1(O)c1ccc(OCc2ccccc2)cc1. The van der Waals surface area contributed by atoms with Gasteiger partial charge in [0.15, 0.2) is 0 Å². The molecule has 4 nitrogen and oxygen atoms in total. The summed E-state index contributed by atoms with van der Waals surface area (Å²) in [7, 11) is 0. The summed E-state index contributed by atoms with van der Waals surface area (Å²) < 4.78 is 11.7. The van der Waals surface area contributed by atoms with Crippen LogP contribution in [0.25, 0.3) is 0 Å². The maximum absolute atomic E-state index is 11.1. The number of hydrogen-bond acceptors (Lipinski definition) is 4. The van der Waals surface area contributed by atoms with Crippen molar-refractivity contribution in [3.05, 3.63) is 65.7 Å². The number of morpholine rings is 1. The Kier molecular flexibility index (Phi) is 5.74. The third-order valence-electron chi connectivity index (χ3n) is 4.61. The Morgan fingerprint density at radius 1 is 1.16 bits per heavy atom. The summed E-state index contributed by atoms with van der Waals surface area (Å²) in [6.45, 7) is 5.20. The molecule has 3 atom stereocenters. The van der Waals surface area contributed by atoms with Crippen LogP contribution in [0, 0.1) is 0 Å². The Morgan fingerprint density at radius 3 is 2.56 bits per heavy atom. The second-order valence-corrected chi connectivity index (χ2v) is 6.72. The third kappa shape index (κ3) is 4.21. The molecule has 1 saturated heterocycles. The molecule has 0 saturated carbocycles. The Morgan fingerprint density at radius 2 is 1.88 bits per heavy atom. The van der Waals surface area contributed by atoms with Crippen molar-refractivity contribution in [1.29, 1.82) is 0 Å². The molecule has 0 aliphatic carbocycles. The summed E-state index contributed by atoms with van der Waals surface area (Å²) >= 11 is 0. The average molecular weight is 341 g/mol. The fourth-order valence-electron chi connectivity index (χ4n) is 3.24. The van der Waals surface area contributed by atoms with Crippen molar-refractivity contribution in [1.82, 2.24) is 5.32 Å². The lowest BCUT2D eigenvalue weighted by Crippen LogP contribution is -2.59. The van der Waals surface area contributed by atoms with Gasteiger partial charge in [-0.3, -0.25) is 0 Å². The van der Waals surface area contributed by atoms with Crippen LogP contribution in [0.4, 0.5) is 0 Å². The van der Waals surface area contributed by atoms with Gasteiger partial charge in [-0.2, -0.15) is 0 Å². The van der Waals surface area contributed by atoms with Gasteiger partial charge in [-0.15, -0.1) is 0 Å². The van der Waals surface area contributed by atoms with Gasteiger partial charge in [0.2, 0.25) is 5.79 Å². The van der Waals surface area contributed by atoms with Crippen LogP contribution >= 0.6 is 0 Å². The molecule has 25 heavy (non-hydrogen) atoms. The number of nitrogens with one attached hydrogen (secondary N) is 1. The average Bonchev–Trinajstić information content (AvgIpc) is 2.65. The summed E-state index contributed by atoms with van der Waals surface area (Å²) in [6.07, 6.45) is 1.83. The molecule has 1 aliphatic rings. The van der Waals surface area contributed by atoms with Gasteiger partial charge in [-0.25, -0.2) is 0 Å². The molecule has 0 bridgehead atoms. The summed E-state index contributed by atoms with van der Waals surface area (Å²) in [5, 5.41) is 14.6. The number of aliphatic hydroxyl groups is 1. The van der Waals surface area contributed by atoms with Crippen molar-refractivity contribution < 1.29 is 14.6 Å². The summed E-state index contributed by atoms with van der Waals surface area (Å²) in [5.74, 6) is -0.513. The summed E-state index contributed by atoms with van der Waals surface area (Å²) in [5.41, 5.74) is 1.89. The number of ether oxygens (including phenoxy) is 2. The zero-order chi connectivity index (χ0) is 17.7. The summed E-state index contributed by atoms with van der Waals surface area (Å²) in [6, 6.07) is 17.7. The first-order valence-electron chi connectivity index (χ1n) is 9.01. The molecule has 1 heterocycles. The molecule has 2 aromatic rings. The smallest absolute Gasteiger partial charge is 0.208 e. The normalized spacial score (nSPS) is 26.4. The van der Waals surface area contributed by atoms with E-state index in [0.717, 1.165) is 29.7 Å². The van der Waals surface area contributed by atoms with Crippen LogP contribution in [-0.4, -0.2) is 23.8 Å². The maximum atomic E-state index is 11.1. The molecule has 1 fully saturated rings. The van der Waals surface area contributed by atoms with Gasteiger partial charge >= 0.3 is 0 Å². The van der Waals surface area contributed by atoms with Crippen LogP contribution in [0.2, 0.25) is 0 Å². The summed E-state index contributed by atoms with van der Waals surface area (Å²) in [4.78, 5) is 0. The maximum Gasteiger partial charge on any atom is 0.208 e. The molecule has 0 amide bonds. The van der Waals surface area contributed by atoms with Crippen LogP contribution in [0.3, 0.4) is 0 Å². The fraction of sp³-hybridized carbons (Fsp3) is 0.429. The lowest BCUT2D eigenvalue weighted by molar-refractivity contribution is -0.257. The zero-order valence-corrected chi connectivity index (χ0v) is 14.9. The van der Waals surface area contributed by atoms with E-state index in [4.69, 9.17) is 9.47 Å². The minimum Gasteiger partial charge on any atom is -0.489 e. The van der Waals surface area contributed by atoms with Crippen LogP contribution in [0.15, 0.2) is 54.6 Å². The highest BCUT2D eigenvalue weighted by atomic mass is 16.6. The number of hydrogen-bond donors (Lipinski definition) is 2. The predicted octanol–water partition coefficient (Wildman–Crippen LogP) is 3.59. The van der Waals surface area contributed by atoms with E-state index in [1.165, 1.54) is 0 Å². The van der Waals surface area contributed by atoms with E-state index in [9.17, 15) is 5.11 Å². The molecule has 2 aromatic carbocycles. The Balaban J connectivity index is 1.70. The van der Waals surface area contributed by atoms with Crippen molar-refractivity contribution in [2.45, 2.75) is 51.2 Å². The molecular formula is C21H27NO3. The minimum absolute atomic E-state index is 0.114. The van der Waals surface area contributed by atoms with Crippen molar-refractivity contribution >= 4 is 0 Å². The lowest BCUT2D eigenvalue weighted by Gasteiger charge is -2.43. The van der Waals surface area contributed by atoms with Gasteiger partial charge in [0, 0.05) is 11.6 Å². The van der Waals surface area contributed by atoms with E-state index >= 15 is 0 Å². The van der Waals surface area contributed by atoms with E-state index in [1.54, 1.807) is 0 Å². The highest BCUT2D eigenvalue weighted by Crippen LogP contribution is 2.33. The first kappa shape index (κ1) is 17.9. The fourth-order valence-corrected chi connectivity index (χ4v) is 3.24. The van der Waals surface area contributed by atoms with Crippen LogP contribution in [0.5, 0.6) is 5.75 Å². The quantitative estimate of drug-likeness (QED) is 0.843. The molecular weight excluding hydrogens is 314 g/mol. The highest BCUT2D eigenvalue weighted by Gasteiger charge is 2.43. The Bertz CT molecular complexity index is 659. The highest BCUT2D eigenvalue weighted by molar-refractivity contribution is 5.31. The monoisotopic (exact) mass is 341 g/mol. The van der Waals surface area contributed by atoms with E-state index in [-0.39, 0.29) is 12.1 Å². The van der Waals surface area contributed by atoms with Gasteiger partial charge in [0.05, 0.1) is 12.6 Å². The van der Waals surface area contributed by atoms with Gasteiger partial charge in [-0.05, 0) is 43.2 Å². The second kappa shape index (κ2) is 8.00. The van der Waals surface area contributed by atoms with Crippen molar-refractivity contribution in [3.8, 4) is 5.75 Å². The molecule has 1 aliphatic heterocycles. The molecule has 0 spiro atoms. The Labute approximate surface area is 149 Å². The van der Waals surface area contributed by atoms with Gasteiger partial charge in [-0.1, -0.05) is 43.7 Å². The van der Waals surface area contributed by atoms with Crippen LogP contribution in [-0.2, 0) is 17.1 Å². The largest absolute Gasteiger partial charge is 0.489 e. The zero-order valence-electron chi connectivity index (χ0n) is 14.9. The molecule has 0 radical (unpaired) electrons. The first-order valence-corrected chi connectivity index (χ1v) is 9.01. The van der Waals surface area contributed by atoms with E-state index in [1.807, 2.05) is 54.6 Å². The van der Waals surface area contributed by atoms with Crippen LogP contribution in [0.1, 0.15) is 37.8 Å². The molecule has 0 aromatic heterocycles. The standard InChI is InChI=1S/C21H27NO3/c1-3-7-20-21(23,25-14-16(2)22-20)18-10-12-19(13-11-18)24-15-17-8-5-4-6-9-17/h4-6,8-13,16,20,22-23H,3,7,14-15H2,1-2H3/t16-,20+,21+/m0/s1. The topological polar surface area (TPSA) is 50.7 Å². The van der Waals surface area contributed by atoms with E-state index in [2.05, 4.69) is 19.2 Å². The van der Waals surface area contributed by atoms with E-state index < -0.39 is 5.79 Å². The Hall–Kier alpha value is -1.88. The number of benzene rings is 2. The number of rotatable bonds is 6. The molecule has 3 rings (SSSR count). The van der Waals surface area contributed by atoms with Gasteiger partial charge in [0.1, 0.15) is 12.4 Å². The molecule has 0 unspecified atom stereocenters. The second-order valence-electron chi connectivity index (χ2n) is 6.72. The molecule has 134 valence electrons.